The van der Waals surface area contributed by atoms with E-state index in [9.17, 15) is 4.79 Å². The summed E-state index contributed by atoms with van der Waals surface area (Å²) in [5.41, 5.74) is 6.17. The number of fused-ring (bicyclic) bond motifs is 3. The summed E-state index contributed by atoms with van der Waals surface area (Å²) in [6.45, 7) is 7.52. The second kappa shape index (κ2) is 7.20. The maximum atomic E-state index is 11.8. The summed E-state index contributed by atoms with van der Waals surface area (Å²) >= 11 is 0. The zero-order valence-corrected chi connectivity index (χ0v) is 16.3. The molecular formula is C23H27N3O. The van der Waals surface area contributed by atoms with E-state index in [1.807, 2.05) is 12.1 Å². The predicted molar refractivity (Wildman–Crippen MR) is 110 cm³/mol. The molecule has 1 aliphatic heterocycles. The standard InChI is InChI=1S/C23H27N3O/c1-16(2)25-13-12-22-20(15-25)19-6-4-5-7-21(19)26(22)14-17-8-10-18(11-9-17)23(27)24-3/h4-11,16H,12-15H2,1-3H3,(H,24,27). The number of rotatable bonds is 4. The molecule has 0 saturated carbocycles. The van der Waals surface area contributed by atoms with E-state index in [-0.39, 0.29) is 5.91 Å². The zero-order chi connectivity index (χ0) is 19.0. The molecule has 0 aliphatic carbocycles. The van der Waals surface area contributed by atoms with E-state index in [2.05, 4.69) is 65.0 Å². The van der Waals surface area contributed by atoms with Gasteiger partial charge in [0.25, 0.3) is 5.91 Å². The Hall–Kier alpha value is -2.59. The maximum Gasteiger partial charge on any atom is 0.251 e. The van der Waals surface area contributed by atoms with Crippen molar-refractivity contribution in [2.45, 2.75) is 39.4 Å². The highest BCUT2D eigenvalue weighted by atomic mass is 16.1. The van der Waals surface area contributed by atoms with Gasteiger partial charge in [0.15, 0.2) is 0 Å². The van der Waals surface area contributed by atoms with Gasteiger partial charge in [-0.3, -0.25) is 9.69 Å². The van der Waals surface area contributed by atoms with Crippen molar-refractivity contribution in [1.29, 1.82) is 0 Å². The van der Waals surface area contributed by atoms with Crippen molar-refractivity contribution in [3.8, 4) is 0 Å². The van der Waals surface area contributed by atoms with Gasteiger partial charge in [-0.05, 0) is 43.2 Å². The number of carbonyl (C=O) groups is 1. The van der Waals surface area contributed by atoms with E-state index in [4.69, 9.17) is 0 Å². The summed E-state index contributed by atoms with van der Waals surface area (Å²) in [6.07, 6.45) is 1.08. The molecule has 0 spiro atoms. The van der Waals surface area contributed by atoms with Crippen LogP contribution >= 0.6 is 0 Å². The lowest BCUT2D eigenvalue weighted by Crippen LogP contribution is -2.36. The van der Waals surface area contributed by atoms with Crippen molar-refractivity contribution in [3.05, 3.63) is 70.9 Å². The van der Waals surface area contributed by atoms with Crippen molar-refractivity contribution in [2.75, 3.05) is 13.6 Å². The number of carbonyl (C=O) groups excluding carboxylic acids is 1. The van der Waals surface area contributed by atoms with Gasteiger partial charge in [-0.2, -0.15) is 0 Å². The van der Waals surface area contributed by atoms with E-state index in [0.29, 0.717) is 11.6 Å². The van der Waals surface area contributed by atoms with Crippen LogP contribution in [0.15, 0.2) is 48.5 Å². The lowest BCUT2D eigenvalue weighted by molar-refractivity contribution is 0.0963. The molecule has 0 bridgehead atoms. The molecule has 140 valence electrons. The van der Waals surface area contributed by atoms with E-state index >= 15 is 0 Å². The molecule has 3 aromatic rings. The Morgan fingerprint density at radius 3 is 2.56 bits per heavy atom. The first-order chi connectivity index (χ1) is 13.1. The van der Waals surface area contributed by atoms with Crippen LogP contribution in [0.4, 0.5) is 0 Å². The Morgan fingerprint density at radius 2 is 1.85 bits per heavy atom. The van der Waals surface area contributed by atoms with Crippen LogP contribution in [-0.4, -0.2) is 35.0 Å². The number of nitrogens with zero attached hydrogens (tertiary/aromatic N) is 2. The first-order valence-corrected chi connectivity index (χ1v) is 9.72. The fourth-order valence-electron chi connectivity index (χ4n) is 4.13. The van der Waals surface area contributed by atoms with Gasteiger partial charge in [0.05, 0.1) is 0 Å². The van der Waals surface area contributed by atoms with Crippen molar-refractivity contribution in [2.24, 2.45) is 0 Å². The zero-order valence-electron chi connectivity index (χ0n) is 16.3. The van der Waals surface area contributed by atoms with Gasteiger partial charge in [0.1, 0.15) is 0 Å². The number of hydrogen-bond donors (Lipinski definition) is 1. The molecule has 1 N–H and O–H groups in total. The average molecular weight is 361 g/mol. The van der Waals surface area contributed by atoms with Crippen molar-refractivity contribution >= 4 is 16.8 Å². The smallest absolute Gasteiger partial charge is 0.251 e. The molecule has 0 unspecified atom stereocenters. The monoisotopic (exact) mass is 361 g/mol. The minimum absolute atomic E-state index is 0.0425. The summed E-state index contributed by atoms with van der Waals surface area (Å²) in [4.78, 5) is 14.3. The number of benzene rings is 2. The number of nitrogens with one attached hydrogen (secondary N) is 1. The highest BCUT2D eigenvalue weighted by molar-refractivity contribution is 5.94. The number of hydrogen-bond acceptors (Lipinski definition) is 2. The lowest BCUT2D eigenvalue weighted by Gasteiger charge is -2.31. The molecule has 0 fully saturated rings. The van der Waals surface area contributed by atoms with Gasteiger partial charge in [0, 0.05) is 61.3 Å². The largest absolute Gasteiger partial charge is 0.355 e. The minimum Gasteiger partial charge on any atom is -0.355 e. The molecule has 27 heavy (non-hydrogen) atoms. The molecular weight excluding hydrogens is 334 g/mol. The SMILES string of the molecule is CNC(=O)c1ccc(Cn2c3c(c4ccccc42)CN(C(C)C)CC3)cc1. The molecule has 4 heteroatoms. The van der Waals surface area contributed by atoms with E-state index in [1.165, 1.54) is 27.7 Å². The molecule has 0 radical (unpaired) electrons. The molecule has 2 heterocycles. The highest BCUT2D eigenvalue weighted by Crippen LogP contribution is 2.32. The number of amides is 1. The van der Waals surface area contributed by atoms with Gasteiger partial charge in [0.2, 0.25) is 0 Å². The summed E-state index contributed by atoms with van der Waals surface area (Å²) in [5, 5.41) is 4.05. The van der Waals surface area contributed by atoms with Crippen LogP contribution in [-0.2, 0) is 19.5 Å². The molecule has 0 atom stereocenters. The van der Waals surface area contributed by atoms with Crippen LogP contribution in [0.3, 0.4) is 0 Å². The van der Waals surface area contributed by atoms with E-state index in [0.717, 1.165) is 26.1 Å². The molecule has 2 aromatic carbocycles. The summed E-state index contributed by atoms with van der Waals surface area (Å²) in [6, 6.07) is 17.3. The second-order valence-corrected chi connectivity index (χ2v) is 7.62. The molecule has 0 saturated heterocycles. The first kappa shape index (κ1) is 17.8. The maximum absolute atomic E-state index is 11.8. The quantitative estimate of drug-likeness (QED) is 0.767. The molecule has 1 aromatic heterocycles. The number of para-hydroxylation sites is 1. The minimum atomic E-state index is -0.0425. The third kappa shape index (κ3) is 3.26. The van der Waals surface area contributed by atoms with Crippen LogP contribution in [0.2, 0.25) is 0 Å². The van der Waals surface area contributed by atoms with Gasteiger partial charge >= 0.3 is 0 Å². The third-order valence-electron chi connectivity index (χ3n) is 5.71. The summed E-state index contributed by atoms with van der Waals surface area (Å²) in [5.74, 6) is -0.0425. The predicted octanol–water partition coefficient (Wildman–Crippen LogP) is 3.82. The van der Waals surface area contributed by atoms with E-state index in [1.54, 1.807) is 7.05 Å². The summed E-state index contributed by atoms with van der Waals surface area (Å²) < 4.78 is 2.47. The fourth-order valence-corrected chi connectivity index (χ4v) is 4.13. The van der Waals surface area contributed by atoms with Gasteiger partial charge in [-0.25, -0.2) is 0 Å². The topological polar surface area (TPSA) is 37.3 Å². The Morgan fingerprint density at radius 1 is 1.11 bits per heavy atom. The molecule has 1 aliphatic rings. The van der Waals surface area contributed by atoms with Gasteiger partial charge in [-0.15, -0.1) is 0 Å². The first-order valence-electron chi connectivity index (χ1n) is 9.72. The van der Waals surface area contributed by atoms with Crippen molar-refractivity contribution in [1.82, 2.24) is 14.8 Å². The average Bonchev–Trinajstić information content (AvgIpc) is 3.01. The third-order valence-corrected chi connectivity index (χ3v) is 5.71. The summed E-state index contributed by atoms with van der Waals surface area (Å²) in [7, 11) is 1.66. The van der Waals surface area contributed by atoms with Crippen LogP contribution in [0.1, 0.15) is 41.0 Å². The van der Waals surface area contributed by atoms with Crippen LogP contribution in [0, 0.1) is 0 Å². The van der Waals surface area contributed by atoms with Crippen molar-refractivity contribution < 1.29 is 4.79 Å². The van der Waals surface area contributed by atoms with Crippen LogP contribution in [0.5, 0.6) is 0 Å². The Bertz CT molecular complexity index is 969. The fraction of sp³-hybridized carbons (Fsp3) is 0.348. The normalized spacial score (nSPS) is 14.5. The Balaban J connectivity index is 1.71. The molecule has 1 amide bonds. The molecule has 4 nitrogen and oxygen atoms in total. The Kier molecular flexibility index (Phi) is 4.75. The van der Waals surface area contributed by atoms with Gasteiger partial charge in [-0.1, -0.05) is 30.3 Å². The molecule has 4 rings (SSSR count). The van der Waals surface area contributed by atoms with Crippen LogP contribution in [0.25, 0.3) is 10.9 Å². The Labute approximate surface area is 160 Å². The van der Waals surface area contributed by atoms with Crippen LogP contribution < -0.4 is 5.32 Å². The van der Waals surface area contributed by atoms with E-state index < -0.39 is 0 Å². The van der Waals surface area contributed by atoms with Crippen molar-refractivity contribution in [3.63, 3.8) is 0 Å². The van der Waals surface area contributed by atoms with Gasteiger partial charge < -0.3 is 9.88 Å². The highest BCUT2D eigenvalue weighted by Gasteiger charge is 2.25. The lowest BCUT2D eigenvalue weighted by atomic mass is 10.0. The second-order valence-electron chi connectivity index (χ2n) is 7.62. The number of aromatic nitrogens is 1.